The number of benzene rings is 2. The van der Waals surface area contributed by atoms with Crippen molar-refractivity contribution in [2.75, 3.05) is 13.7 Å². The van der Waals surface area contributed by atoms with E-state index >= 15 is 0 Å². The Balaban J connectivity index is 1.90. The van der Waals surface area contributed by atoms with Crippen molar-refractivity contribution < 1.29 is 54.8 Å². The topological polar surface area (TPSA) is 186 Å². The monoisotopic (exact) mass is 464 g/mol. The van der Waals surface area contributed by atoms with Crippen LogP contribution in [0.4, 0.5) is 0 Å². The van der Waals surface area contributed by atoms with Gasteiger partial charge >= 0.3 is 0 Å². The lowest BCUT2D eigenvalue weighted by atomic mass is 9.99. The molecule has 1 saturated heterocycles. The minimum Gasteiger partial charge on any atom is -0.508 e. The third kappa shape index (κ3) is 5.18. The number of rotatable bonds is 7. The first-order valence-electron chi connectivity index (χ1n) is 9.78. The third-order valence-corrected chi connectivity index (χ3v) is 5.04. The second-order valence-corrected chi connectivity index (χ2v) is 7.28. The number of ether oxygens (including phenoxy) is 3. The summed E-state index contributed by atoms with van der Waals surface area (Å²) in [4.78, 5) is 12.8. The molecule has 1 aliphatic heterocycles. The van der Waals surface area contributed by atoms with E-state index in [4.69, 9.17) is 14.2 Å². The fourth-order valence-electron chi connectivity index (χ4n) is 3.27. The SMILES string of the molecule is COc1cc(C=CC(=O)c2c(O)cc(O)cc2O[C@@H]2O[C@@H](CO)[C@@H](O)[C@H](O)[C@@H]2O)ccc1O. The molecule has 11 nitrogen and oxygen atoms in total. The highest BCUT2D eigenvalue weighted by molar-refractivity contribution is 6.10. The van der Waals surface area contributed by atoms with Gasteiger partial charge in [0.2, 0.25) is 6.29 Å². The Morgan fingerprint density at radius 3 is 2.39 bits per heavy atom. The summed E-state index contributed by atoms with van der Waals surface area (Å²) in [5, 5.41) is 69.1. The molecule has 1 aliphatic rings. The zero-order valence-electron chi connectivity index (χ0n) is 17.4. The third-order valence-electron chi connectivity index (χ3n) is 5.04. The van der Waals surface area contributed by atoms with Crippen LogP contribution in [0.2, 0.25) is 0 Å². The number of allylic oxidation sites excluding steroid dienone is 1. The molecule has 11 heteroatoms. The Morgan fingerprint density at radius 2 is 1.73 bits per heavy atom. The predicted octanol–water partition coefficient (Wildman–Crippen LogP) is -0.113. The van der Waals surface area contributed by atoms with E-state index in [0.717, 1.165) is 18.2 Å². The number of aliphatic hydroxyl groups is 4. The second-order valence-electron chi connectivity index (χ2n) is 7.28. The molecule has 3 rings (SSSR count). The van der Waals surface area contributed by atoms with Gasteiger partial charge in [-0.25, -0.2) is 0 Å². The van der Waals surface area contributed by atoms with Crippen molar-refractivity contribution in [1.82, 2.24) is 0 Å². The standard InChI is InChI=1S/C22H24O11/c1-31-15-6-10(2-4-12(15)25)3-5-13(26)18-14(27)7-11(24)8-16(18)32-22-21(30)20(29)19(28)17(9-23)33-22/h2-8,17,19-25,27-30H,9H2,1H3/t17-,19+,20-,21-,22+/m0/s1. The molecular formula is C22H24O11. The van der Waals surface area contributed by atoms with Crippen LogP contribution in [-0.4, -0.2) is 86.0 Å². The Morgan fingerprint density at radius 1 is 1.00 bits per heavy atom. The summed E-state index contributed by atoms with van der Waals surface area (Å²) < 4.78 is 15.7. The van der Waals surface area contributed by atoms with E-state index in [0.29, 0.717) is 5.56 Å². The number of hydrogen-bond acceptors (Lipinski definition) is 11. The van der Waals surface area contributed by atoms with Gasteiger partial charge in [0.1, 0.15) is 47.2 Å². The molecule has 7 N–H and O–H groups in total. The Kier molecular flexibility index (Phi) is 7.41. The fourth-order valence-corrected chi connectivity index (χ4v) is 3.27. The molecule has 5 atom stereocenters. The molecule has 178 valence electrons. The number of carbonyl (C=O) groups excluding carboxylic acids is 1. The van der Waals surface area contributed by atoms with Crippen LogP contribution in [0, 0.1) is 0 Å². The van der Waals surface area contributed by atoms with E-state index in [1.54, 1.807) is 0 Å². The van der Waals surface area contributed by atoms with Crippen molar-refractivity contribution in [3.05, 3.63) is 47.5 Å². The summed E-state index contributed by atoms with van der Waals surface area (Å²) in [6.45, 7) is -0.694. The van der Waals surface area contributed by atoms with Gasteiger partial charge in [0.25, 0.3) is 0 Å². The first kappa shape index (κ1) is 24.3. The fraction of sp³-hybridized carbons (Fsp3) is 0.318. The predicted molar refractivity (Wildman–Crippen MR) is 112 cm³/mol. The first-order valence-corrected chi connectivity index (χ1v) is 9.78. The quantitative estimate of drug-likeness (QED) is 0.214. The van der Waals surface area contributed by atoms with Gasteiger partial charge in [-0.3, -0.25) is 4.79 Å². The summed E-state index contributed by atoms with van der Waals surface area (Å²) in [6, 6.07) is 6.26. The normalized spacial score (nSPS) is 25.2. The number of aliphatic hydroxyl groups excluding tert-OH is 4. The molecule has 1 fully saturated rings. The van der Waals surface area contributed by atoms with Crippen LogP contribution in [0.25, 0.3) is 6.08 Å². The lowest BCUT2D eigenvalue weighted by molar-refractivity contribution is -0.277. The lowest BCUT2D eigenvalue weighted by Gasteiger charge is -2.39. The summed E-state index contributed by atoms with van der Waals surface area (Å²) in [6.07, 6.45) is -5.53. The van der Waals surface area contributed by atoms with E-state index in [-0.39, 0.29) is 22.8 Å². The summed E-state index contributed by atoms with van der Waals surface area (Å²) in [5.41, 5.74) is 0.111. The lowest BCUT2D eigenvalue weighted by Crippen LogP contribution is -2.60. The number of phenolic OH excluding ortho intramolecular Hbond substituents is 3. The van der Waals surface area contributed by atoms with E-state index in [2.05, 4.69) is 0 Å². The highest BCUT2D eigenvalue weighted by Gasteiger charge is 2.45. The van der Waals surface area contributed by atoms with E-state index in [1.807, 2.05) is 0 Å². The molecule has 0 unspecified atom stereocenters. The molecule has 0 amide bonds. The van der Waals surface area contributed by atoms with Crippen LogP contribution in [0.5, 0.6) is 28.7 Å². The van der Waals surface area contributed by atoms with Gasteiger partial charge < -0.3 is 50.0 Å². The molecular weight excluding hydrogens is 440 g/mol. The number of ketones is 1. The molecule has 2 aromatic rings. The molecule has 0 aliphatic carbocycles. The van der Waals surface area contributed by atoms with Gasteiger partial charge in [-0.05, 0) is 23.8 Å². The minimum atomic E-state index is -1.77. The number of methoxy groups -OCH3 is 1. The smallest absolute Gasteiger partial charge is 0.229 e. The van der Waals surface area contributed by atoms with E-state index in [1.165, 1.54) is 31.4 Å². The molecule has 0 radical (unpaired) electrons. The molecule has 1 heterocycles. The summed E-state index contributed by atoms with van der Waals surface area (Å²) >= 11 is 0. The highest BCUT2D eigenvalue weighted by atomic mass is 16.7. The van der Waals surface area contributed by atoms with Gasteiger partial charge in [0, 0.05) is 12.1 Å². The largest absolute Gasteiger partial charge is 0.508 e. The molecule has 0 spiro atoms. The number of hydrogen-bond donors (Lipinski definition) is 7. The Labute approximate surface area is 188 Å². The van der Waals surface area contributed by atoms with Crippen LogP contribution < -0.4 is 9.47 Å². The zero-order valence-corrected chi connectivity index (χ0v) is 17.4. The summed E-state index contributed by atoms with van der Waals surface area (Å²) in [7, 11) is 1.37. The van der Waals surface area contributed by atoms with Crippen molar-refractivity contribution in [3.8, 4) is 28.7 Å². The zero-order chi connectivity index (χ0) is 24.3. The van der Waals surface area contributed by atoms with Crippen LogP contribution in [-0.2, 0) is 4.74 Å². The maximum atomic E-state index is 12.8. The molecule has 2 aromatic carbocycles. The molecule has 33 heavy (non-hydrogen) atoms. The maximum absolute atomic E-state index is 12.8. The second kappa shape index (κ2) is 10.1. The maximum Gasteiger partial charge on any atom is 0.229 e. The highest BCUT2D eigenvalue weighted by Crippen LogP contribution is 2.36. The van der Waals surface area contributed by atoms with Crippen molar-refractivity contribution in [1.29, 1.82) is 0 Å². The van der Waals surface area contributed by atoms with Gasteiger partial charge in [0.15, 0.2) is 17.3 Å². The van der Waals surface area contributed by atoms with Crippen molar-refractivity contribution in [3.63, 3.8) is 0 Å². The van der Waals surface area contributed by atoms with Gasteiger partial charge in [0.05, 0.1) is 13.7 Å². The van der Waals surface area contributed by atoms with Gasteiger partial charge in [-0.2, -0.15) is 0 Å². The average Bonchev–Trinajstić information content (AvgIpc) is 2.78. The van der Waals surface area contributed by atoms with Crippen LogP contribution in [0.1, 0.15) is 15.9 Å². The summed E-state index contributed by atoms with van der Waals surface area (Å²) in [5.74, 6) is -2.13. The molecule has 0 aromatic heterocycles. The van der Waals surface area contributed by atoms with Gasteiger partial charge in [-0.15, -0.1) is 0 Å². The van der Waals surface area contributed by atoms with Crippen molar-refractivity contribution in [2.45, 2.75) is 30.7 Å². The number of carbonyl (C=O) groups is 1. The molecule has 0 saturated carbocycles. The van der Waals surface area contributed by atoms with Crippen LogP contribution in [0.15, 0.2) is 36.4 Å². The van der Waals surface area contributed by atoms with Crippen molar-refractivity contribution >= 4 is 11.9 Å². The average molecular weight is 464 g/mol. The Bertz CT molecular complexity index is 1030. The van der Waals surface area contributed by atoms with E-state index < -0.39 is 54.6 Å². The van der Waals surface area contributed by atoms with Crippen LogP contribution >= 0.6 is 0 Å². The van der Waals surface area contributed by atoms with E-state index in [9.17, 15) is 40.5 Å². The first-order chi connectivity index (χ1) is 15.7. The van der Waals surface area contributed by atoms with Gasteiger partial charge in [-0.1, -0.05) is 12.1 Å². The molecule has 0 bridgehead atoms. The number of phenols is 3. The number of aromatic hydroxyl groups is 3. The Hall–Kier alpha value is -3.35. The van der Waals surface area contributed by atoms with Crippen molar-refractivity contribution in [2.24, 2.45) is 0 Å². The van der Waals surface area contributed by atoms with Crippen LogP contribution in [0.3, 0.4) is 0 Å². The minimum absolute atomic E-state index is 0.0904.